The van der Waals surface area contributed by atoms with E-state index in [2.05, 4.69) is 5.32 Å². The molecule has 1 aliphatic heterocycles. The molecule has 1 saturated carbocycles. The maximum absolute atomic E-state index is 14.3. The molecule has 3 N–H and O–H groups in total. The van der Waals surface area contributed by atoms with Crippen molar-refractivity contribution in [2.75, 3.05) is 0 Å². The predicted molar refractivity (Wildman–Crippen MR) is 145 cm³/mol. The molecular weight excluding hydrogens is 456 g/mol. The number of primary amides is 1. The Morgan fingerprint density at radius 2 is 1.14 bits per heavy atom. The highest BCUT2D eigenvalue weighted by molar-refractivity contribution is 6.13. The van der Waals surface area contributed by atoms with Gasteiger partial charge in [0.1, 0.15) is 0 Å². The molecule has 182 valence electrons. The molecule has 0 aromatic heterocycles. The van der Waals surface area contributed by atoms with E-state index in [-0.39, 0.29) is 11.8 Å². The largest absolute Gasteiger partial charge is 0.368 e. The third kappa shape index (κ3) is 3.29. The first-order valence-electron chi connectivity index (χ1n) is 12.7. The Balaban J connectivity index is 1.68. The average Bonchev–Trinajstić information content (AvgIpc) is 3.47. The molecule has 1 aliphatic carbocycles. The van der Waals surface area contributed by atoms with Crippen LogP contribution in [0.2, 0.25) is 0 Å². The molecule has 4 aromatic rings. The summed E-state index contributed by atoms with van der Waals surface area (Å²) < 4.78 is 0. The first-order valence-corrected chi connectivity index (χ1v) is 12.7. The molecule has 1 heterocycles. The number of nitrogens with one attached hydrogen (secondary N) is 1. The molecule has 4 heteroatoms. The van der Waals surface area contributed by atoms with E-state index in [0.717, 1.165) is 33.4 Å². The monoisotopic (exact) mass is 484 g/mol. The Morgan fingerprint density at radius 3 is 1.57 bits per heavy atom. The molecule has 4 nitrogen and oxygen atoms in total. The van der Waals surface area contributed by atoms with E-state index >= 15 is 0 Å². The second-order valence-corrected chi connectivity index (χ2v) is 9.84. The molecule has 2 atom stereocenters. The van der Waals surface area contributed by atoms with Gasteiger partial charge >= 0.3 is 0 Å². The van der Waals surface area contributed by atoms with Gasteiger partial charge < -0.3 is 11.1 Å². The average molecular weight is 485 g/mol. The molecule has 2 amide bonds. The van der Waals surface area contributed by atoms with Crippen LogP contribution in [0.5, 0.6) is 0 Å². The highest BCUT2D eigenvalue weighted by atomic mass is 16.2. The van der Waals surface area contributed by atoms with E-state index < -0.39 is 16.9 Å². The third-order valence-electron chi connectivity index (χ3n) is 8.15. The lowest BCUT2D eigenvalue weighted by atomic mass is 9.64. The van der Waals surface area contributed by atoms with Gasteiger partial charge in [0.25, 0.3) is 0 Å². The van der Waals surface area contributed by atoms with Crippen LogP contribution in [-0.2, 0) is 15.1 Å². The first kappa shape index (κ1) is 23.0. The van der Waals surface area contributed by atoms with Crippen LogP contribution in [0.4, 0.5) is 0 Å². The number of carbonyl (C=O) groups is 2. The Kier molecular flexibility index (Phi) is 5.53. The number of hydrogen-bond donors (Lipinski definition) is 2. The summed E-state index contributed by atoms with van der Waals surface area (Å²) in [5.74, 6) is -1.30. The van der Waals surface area contributed by atoms with Crippen molar-refractivity contribution in [3.63, 3.8) is 0 Å². The minimum Gasteiger partial charge on any atom is -0.368 e. The van der Waals surface area contributed by atoms with Gasteiger partial charge in [0.2, 0.25) is 11.8 Å². The van der Waals surface area contributed by atoms with Crippen LogP contribution in [0, 0.1) is 11.3 Å². The summed E-state index contributed by atoms with van der Waals surface area (Å²) in [6.07, 6.45) is 1.24. The predicted octanol–water partition coefficient (Wildman–Crippen LogP) is 5.44. The van der Waals surface area contributed by atoms with E-state index in [4.69, 9.17) is 5.73 Å². The summed E-state index contributed by atoms with van der Waals surface area (Å²) in [6, 6.07) is 39.9. The summed E-state index contributed by atoms with van der Waals surface area (Å²) in [5, 5.41) is 3.34. The minimum atomic E-state index is -1.48. The van der Waals surface area contributed by atoms with Gasteiger partial charge in [0.05, 0.1) is 5.54 Å². The smallest absolute Gasteiger partial charge is 0.241 e. The van der Waals surface area contributed by atoms with E-state index in [0.29, 0.717) is 12.8 Å². The maximum Gasteiger partial charge on any atom is 0.241 e. The van der Waals surface area contributed by atoms with E-state index in [1.807, 2.05) is 121 Å². The van der Waals surface area contributed by atoms with Crippen molar-refractivity contribution in [1.29, 1.82) is 0 Å². The van der Waals surface area contributed by atoms with Crippen molar-refractivity contribution in [3.05, 3.63) is 149 Å². The Bertz CT molecular complexity index is 1400. The molecule has 37 heavy (non-hydrogen) atoms. The van der Waals surface area contributed by atoms with Crippen LogP contribution in [0.15, 0.2) is 127 Å². The SMILES string of the molecule is NC(=O)[C@@]12C(=O)NC(c3ccccc3)(c3ccccc3)[C@@H]1CCC2=C(c1ccccc1)c1ccccc1. The lowest BCUT2D eigenvalue weighted by Crippen LogP contribution is -2.46. The number of amides is 2. The zero-order valence-electron chi connectivity index (χ0n) is 20.4. The molecule has 0 radical (unpaired) electrons. The summed E-state index contributed by atoms with van der Waals surface area (Å²) in [5.41, 5.74) is 9.48. The van der Waals surface area contributed by atoms with Crippen LogP contribution in [-0.4, -0.2) is 11.8 Å². The molecule has 2 aliphatic rings. The van der Waals surface area contributed by atoms with Crippen molar-refractivity contribution in [1.82, 2.24) is 5.32 Å². The molecule has 4 aromatic carbocycles. The summed E-state index contributed by atoms with van der Waals surface area (Å²) in [6.45, 7) is 0. The highest BCUT2D eigenvalue weighted by Gasteiger charge is 2.70. The number of fused-ring (bicyclic) bond motifs is 1. The molecule has 0 spiro atoms. The highest BCUT2D eigenvalue weighted by Crippen LogP contribution is 2.62. The number of hydrogen-bond acceptors (Lipinski definition) is 2. The van der Waals surface area contributed by atoms with Crippen molar-refractivity contribution in [3.8, 4) is 0 Å². The Labute approximate surface area is 216 Å². The topological polar surface area (TPSA) is 72.2 Å². The first-order chi connectivity index (χ1) is 18.1. The standard InChI is InChI=1S/C33H28N2O2/c34-30(36)32-27(29(23-13-5-1-6-14-23)24-15-7-2-8-16-24)21-22-28(32)33(35-31(32)37,25-17-9-3-10-18-25)26-19-11-4-12-20-26/h1-20,28H,21-22H2,(H2,34,36)(H,35,37)/t28-,32+/m1/s1. The van der Waals surface area contributed by atoms with E-state index in [1.165, 1.54) is 0 Å². The lowest BCUT2D eigenvalue weighted by Gasteiger charge is -2.37. The van der Waals surface area contributed by atoms with Gasteiger partial charge in [-0.25, -0.2) is 0 Å². The molecule has 2 fully saturated rings. The van der Waals surface area contributed by atoms with Gasteiger partial charge in [-0.1, -0.05) is 121 Å². The number of rotatable bonds is 5. The van der Waals surface area contributed by atoms with Gasteiger partial charge in [-0.05, 0) is 46.2 Å². The van der Waals surface area contributed by atoms with Crippen molar-refractivity contribution < 1.29 is 9.59 Å². The fourth-order valence-electron chi connectivity index (χ4n) is 6.71. The van der Waals surface area contributed by atoms with Gasteiger partial charge in [-0.2, -0.15) is 0 Å². The fraction of sp³-hybridized carbons (Fsp3) is 0.152. The normalized spacial score (nSPS) is 21.8. The molecule has 6 rings (SSSR count). The van der Waals surface area contributed by atoms with Crippen molar-refractivity contribution >= 4 is 17.4 Å². The van der Waals surface area contributed by atoms with Gasteiger partial charge in [0, 0.05) is 5.92 Å². The van der Waals surface area contributed by atoms with Crippen LogP contribution in [0.25, 0.3) is 5.57 Å². The van der Waals surface area contributed by atoms with Crippen LogP contribution < -0.4 is 11.1 Å². The zero-order chi connectivity index (χ0) is 25.5. The summed E-state index contributed by atoms with van der Waals surface area (Å²) in [4.78, 5) is 28.0. The van der Waals surface area contributed by atoms with Gasteiger partial charge in [-0.3, -0.25) is 9.59 Å². The number of benzene rings is 4. The molecule has 1 saturated heterocycles. The van der Waals surface area contributed by atoms with E-state index in [9.17, 15) is 9.59 Å². The number of carbonyl (C=O) groups excluding carboxylic acids is 2. The number of nitrogens with two attached hydrogens (primary N) is 1. The Morgan fingerprint density at radius 1 is 0.703 bits per heavy atom. The zero-order valence-corrected chi connectivity index (χ0v) is 20.4. The summed E-state index contributed by atoms with van der Waals surface area (Å²) >= 11 is 0. The third-order valence-corrected chi connectivity index (χ3v) is 8.15. The Hall–Kier alpha value is -4.44. The maximum atomic E-state index is 14.3. The van der Waals surface area contributed by atoms with Crippen LogP contribution in [0.3, 0.4) is 0 Å². The lowest BCUT2D eigenvalue weighted by molar-refractivity contribution is -0.137. The fourth-order valence-corrected chi connectivity index (χ4v) is 6.71. The van der Waals surface area contributed by atoms with Crippen molar-refractivity contribution in [2.45, 2.75) is 18.4 Å². The second-order valence-electron chi connectivity index (χ2n) is 9.84. The van der Waals surface area contributed by atoms with Crippen LogP contribution >= 0.6 is 0 Å². The quantitative estimate of drug-likeness (QED) is 0.370. The van der Waals surface area contributed by atoms with E-state index in [1.54, 1.807) is 0 Å². The summed E-state index contributed by atoms with van der Waals surface area (Å²) in [7, 11) is 0. The molecular formula is C33H28N2O2. The van der Waals surface area contributed by atoms with Crippen molar-refractivity contribution in [2.24, 2.45) is 17.1 Å². The van der Waals surface area contributed by atoms with Crippen LogP contribution in [0.1, 0.15) is 35.1 Å². The second kappa shape index (κ2) is 8.90. The molecule has 0 bridgehead atoms. The minimum absolute atomic E-state index is 0.324. The van der Waals surface area contributed by atoms with Gasteiger partial charge in [0.15, 0.2) is 5.41 Å². The molecule has 0 unspecified atom stereocenters. The van der Waals surface area contributed by atoms with Gasteiger partial charge in [-0.15, -0.1) is 0 Å².